The number of anilines is 4. The summed E-state index contributed by atoms with van der Waals surface area (Å²) in [7, 11) is -3.74. The zero-order chi connectivity index (χ0) is 21.0. The van der Waals surface area contributed by atoms with Gasteiger partial charge in [-0.3, -0.25) is 4.72 Å². The van der Waals surface area contributed by atoms with E-state index in [1.165, 1.54) is 6.07 Å². The van der Waals surface area contributed by atoms with Crippen LogP contribution in [0.3, 0.4) is 0 Å². The molecular formula is C20H22ClN5O2S. The van der Waals surface area contributed by atoms with Crippen molar-refractivity contribution in [1.82, 2.24) is 9.97 Å². The first kappa shape index (κ1) is 20.9. The first-order valence-electron chi connectivity index (χ1n) is 9.02. The molecule has 0 aliphatic carbocycles. The van der Waals surface area contributed by atoms with Crippen molar-refractivity contribution in [3.63, 3.8) is 0 Å². The summed E-state index contributed by atoms with van der Waals surface area (Å²) in [6.45, 7) is 6.32. The summed E-state index contributed by atoms with van der Waals surface area (Å²) in [6, 6.07) is 13.5. The molecule has 0 unspecified atom stereocenters. The van der Waals surface area contributed by atoms with Gasteiger partial charge in [-0.1, -0.05) is 17.7 Å². The van der Waals surface area contributed by atoms with Crippen molar-refractivity contribution in [2.24, 2.45) is 0 Å². The van der Waals surface area contributed by atoms with Crippen LogP contribution in [0.1, 0.15) is 18.2 Å². The largest absolute Gasteiger partial charge is 0.354 e. The van der Waals surface area contributed by atoms with Crippen molar-refractivity contribution in [3.05, 3.63) is 64.8 Å². The van der Waals surface area contributed by atoms with E-state index in [2.05, 4.69) is 25.3 Å². The molecule has 0 saturated carbocycles. The number of sulfonamides is 1. The SMILES string of the molecule is CCNc1nc(C)cc(Nc2ccc(NS(=O)(=O)c3cc(Cl)ccc3C)cc2)n1. The van der Waals surface area contributed by atoms with Gasteiger partial charge in [-0.25, -0.2) is 13.4 Å². The van der Waals surface area contributed by atoms with E-state index in [4.69, 9.17) is 11.6 Å². The molecule has 29 heavy (non-hydrogen) atoms. The Labute approximate surface area is 175 Å². The summed E-state index contributed by atoms with van der Waals surface area (Å²) in [5.74, 6) is 1.20. The Balaban J connectivity index is 1.76. The van der Waals surface area contributed by atoms with E-state index in [9.17, 15) is 8.42 Å². The molecule has 1 aromatic heterocycles. The fourth-order valence-corrected chi connectivity index (χ4v) is 4.28. The Morgan fingerprint density at radius 3 is 2.34 bits per heavy atom. The van der Waals surface area contributed by atoms with Gasteiger partial charge in [-0.05, 0) is 62.7 Å². The molecule has 0 saturated heterocycles. The standard InChI is InChI=1S/C20H22ClN5O2S/c1-4-22-20-23-14(3)11-19(25-20)24-16-7-9-17(10-8-16)26-29(27,28)18-12-15(21)6-5-13(18)2/h5-12,26H,4H2,1-3H3,(H2,22,23,24,25). The van der Waals surface area contributed by atoms with Crippen LogP contribution in [0.2, 0.25) is 5.02 Å². The van der Waals surface area contributed by atoms with Crippen molar-refractivity contribution in [3.8, 4) is 0 Å². The molecular weight excluding hydrogens is 410 g/mol. The lowest BCUT2D eigenvalue weighted by atomic mass is 10.2. The molecule has 0 spiro atoms. The van der Waals surface area contributed by atoms with E-state index in [1.54, 1.807) is 43.3 Å². The highest BCUT2D eigenvalue weighted by Crippen LogP contribution is 2.24. The quantitative estimate of drug-likeness (QED) is 0.500. The Bertz CT molecular complexity index is 1120. The fourth-order valence-electron chi connectivity index (χ4n) is 2.71. The summed E-state index contributed by atoms with van der Waals surface area (Å²) in [5, 5.41) is 6.65. The molecule has 0 bridgehead atoms. The summed E-state index contributed by atoms with van der Waals surface area (Å²) < 4.78 is 27.9. The first-order valence-corrected chi connectivity index (χ1v) is 10.9. The predicted octanol–water partition coefficient (Wildman–Crippen LogP) is 4.72. The minimum Gasteiger partial charge on any atom is -0.354 e. The molecule has 3 rings (SSSR count). The highest BCUT2D eigenvalue weighted by Gasteiger charge is 2.17. The Kier molecular flexibility index (Phi) is 6.24. The van der Waals surface area contributed by atoms with E-state index >= 15 is 0 Å². The van der Waals surface area contributed by atoms with Crippen LogP contribution in [0, 0.1) is 13.8 Å². The Hall–Kier alpha value is -2.84. The van der Waals surface area contributed by atoms with Crippen LogP contribution in [0.4, 0.5) is 23.1 Å². The highest BCUT2D eigenvalue weighted by molar-refractivity contribution is 7.92. The third-order valence-electron chi connectivity index (χ3n) is 4.04. The van der Waals surface area contributed by atoms with Crippen LogP contribution in [-0.4, -0.2) is 24.9 Å². The van der Waals surface area contributed by atoms with Crippen LogP contribution in [-0.2, 0) is 10.0 Å². The minimum absolute atomic E-state index is 0.152. The van der Waals surface area contributed by atoms with Gasteiger partial charge in [0.15, 0.2) is 0 Å². The minimum atomic E-state index is -3.74. The normalized spacial score (nSPS) is 11.2. The molecule has 0 aliphatic heterocycles. The summed E-state index contributed by atoms with van der Waals surface area (Å²) in [5.41, 5.74) is 2.67. The molecule has 0 radical (unpaired) electrons. The number of rotatable bonds is 7. The van der Waals surface area contributed by atoms with Crippen LogP contribution in [0.5, 0.6) is 0 Å². The maximum absolute atomic E-state index is 12.7. The van der Waals surface area contributed by atoms with Gasteiger partial charge >= 0.3 is 0 Å². The molecule has 152 valence electrons. The lowest BCUT2D eigenvalue weighted by Gasteiger charge is -2.12. The van der Waals surface area contributed by atoms with Crippen LogP contribution in [0.25, 0.3) is 0 Å². The van der Waals surface area contributed by atoms with Crippen molar-refractivity contribution < 1.29 is 8.42 Å². The van der Waals surface area contributed by atoms with E-state index in [0.717, 1.165) is 17.9 Å². The van der Waals surface area contributed by atoms with Crippen LogP contribution in [0.15, 0.2) is 53.4 Å². The number of nitrogens with zero attached hydrogens (tertiary/aromatic N) is 2. The van der Waals surface area contributed by atoms with Gasteiger partial charge in [0.05, 0.1) is 4.90 Å². The number of hydrogen-bond acceptors (Lipinski definition) is 6. The second-order valence-corrected chi connectivity index (χ2v) is 8.55. The number of aryl methyl sites for hydroxylation is 2. The maximum atomic E-state index is 12.7. The molecule has 0 atom stereocenters. The predicted molar refractivity (Wildman–Crippen MR) is 118 cm³/mol. The lowest BCUT2D eigenvalue weighted by Crippen LogP contribution is -2.14. The number of hydrogen-bond donors (Lipinski definition) is 3. The van der Waals surface area contributed by atoms with Crippen LogP contribution >= 0.6 is 11.6 Å². The Morgan fingerprint density at radius 2 is 1.66 bits per heavy atom. The molecule has 3 N–H and O–H groups in total. The second kappa shape index (κ2) is 8.67. The highest BCUT2D eigenvalue weighted by atomic mass is 35.5. The number of benzene rings is 2. The van der Waals surface area contributed by atoms with Crippen molar-refractivity contribution in [1.29, 1.82) is 0 Å². The molecule has 1 heterocycles. The van der Waals surface area contributed by atoms with E-state index in [0.29, 0.717) is 28.0 Å². The third-order valence-corrected chi connectivity index (χ3v) is 5.80. The number of nitrogens with one attached hydrogen (secondary N) is 3. The summed E-state index contributed by atoms with van der Waals surface area (Å²) >= 11 is 5.95. The third kappa shape index (κ3) is 5.36. The smallest absolute Gasteiger partial charge is 0.262 e. The van der Waals surface area contributed by atoms with E-state index < -0.39 is 10.0 Å². The van der Waals surface area contributed by atoms with Gasteiger partial charge in [0.25, 0.3) is 10.0 Å². The molecule has 2 aromatic carbocycles. The second-order valence-electron chi connectivity index (χ2n) is 6.47. The van der Waals surface area contributed by atoms with Gasteiger partial charge in [0.1, 0.15) is 5.82 Å². The molecule has 0 fully saturated rings. The lowest BCUT2D eigenvalue weighted by molar-refractivity contribution is 0.600. The maximum Gasteiger partial charge on any atom is 0.262 e. The Morgan fingerprint density at radius 1 is 0.966 bits per heavy atom. The van der Waals surface area contributed by atoms with Crippen LogP contribution < -0.4 is 15.4 Å². The molecule has 0 amide bonds. The summed E-state index contributed by atoms with van der Waals surface area (Å²) in [4.78, 5) is 8.87. The van der Waals surface area contributed by atoms with Crippen molar-refractivity contribution in [2.75, 3.05) is 21.9 Å². The van der Waals surface area contributed by atoms with Gasteiger partial charge < -0.3 is 10.6 Å². The molecule has 3 aromatic rings. The molecule has 0 aliphatic rings. The van der Waals surface area contributed by atoms with Gasteiger partial charge in [-0.2, -0.15) is 4.98 Å². The monoisotopic (exact) mass is 431 g/mol. The van der Waals surface area contributed by atoms with Crippen molar-refractivity contribution >= 4 is 44.8 Å². The zero-order valence-electron chi connectivity index (χ0n) is 16.3. The average molecular weight is 432 g/mol. The number of halogens is 1. The molecule has 7 nitrogen and oxygen atoms in total. The zero-order valence-corrected chi connectivity index (χ0v) is 17.9. The summed E-state index contributed by atoms with van der Waals surface area (Å²) in [6.07, 6.45) is 0. The van der Waals surface area contributed by atoms with Gasteiger partial charge in [0.2, 0.25) is 5.95 Å². The topological polar surface area (TPSA) is 96.0 Å². The average Bonchev–Trinajstić information content (AvgIpc) is 2.65. The molecule has 9 heteroatoms. The van der Waals surface area contributed by atoms with E-state index in [1.807, 2.05) is 19.9 Å². The van der Waals surface area contributed by atoms with Gasteiger partial charge in [0, 0.05) is 34.7 Å². The first-order chi connectivity index (χ1) is 13.8. The van der Waals surface area contributed by atoms with E-state index in [-0.39, 0.29) is 4.90 Å². The fraction of sp³-hybridized carbons (Fsp3) is 0.200. The van der Waals surface area contributed by atoms with Crippen molar-refractivity contribution in [2.45, 2.75) is 25.7 Å². The number of aromatic nitrogens is 2. The van der Waals surface area contributed by atoms with Gasteiger partial charge in [-0.15, -0.1) is 0 Å².